The van der Waals surface area contributed by atoms with Gasteiger partial charge in [0.2, 0.25) is 0 Å². The third kappa shape index (κ3) is 4.86. The van der Waals surface area contributed by atoms with Gasteiger partial charge in [-0.05, 0) is 46.2 Å². The Hall–Kier alpha value is -1.51. The van der Waals surface area contributed by atoms with E-state index in [4.69, 9.17) is 9.31 Å². The fourth-order valence-corrected chi connectivity index (χ4v) is 3.09. The van der Waals surface area contributed by atoms with E-state index >= 15 is 0 Å². The van der Waals surface area contributed by atoms with E-state index in [0.717, 1.165) is 17.8 Å². The molecule has 1 heterocycles. The smallest absolute Gasteiger partial charge is 0.400 e. The van der Waals surface area contributed by atoms with Gasteiger partial charge < -0.3 is 9.31 Å². The number of Topliss-reactive ketones (excluding diaryl/α,β-unsaturated/α-hetero) is 1. The molecule has 0 aromatic heterocycles. The minimum Gasteiger partial charge on any atom is -0.400 e. The summed E-state index contributed by atoms with van der Waals surface area (Å²) in [5, 5.41) is -0.110. The molecule has 1 saturated heterocycles. The number of halogens is 2. The summed E-state index contributed by atoms with van der Waals surface area (Å²) in [5.74, 6) is -2.00. The highest BCUT2D eigenvalue weighted by molar-refractivity contribution is 8.13. The van der Waals surface area contributed by atoms with Crippen LogP contribution < -0.4 is 0 Å². The maximum atomic E-state index is 14.3. The average molecular weight is 396 g/mol. The highest BCUT2D eigenvalue weighted by Crippen LogP contribution is 2.39. The summed E-state index contributed by atoms with van der Waals surface area (Å²) in [5.41, 5.74) is -0.855. The van der Waals surface area contributed by atoms with Crippen molar-refractivity contribution >= 4 is 35.9 Å². The quantitative estimate of drug-likeness (QED) is 0.543. The molecule has 0 N–H and O–H groups in total. The zero-order valence-corrected chi connectivity index (χ0v) is 17.1. The topological polar surface area (TPSA) is 52.6 Å². The number of ketones is 1. The molecule has 0 unspecified atom stereocenters. The monoisotopic (exact) mass is 396 g/mol. The predicted octanol–water partition coefficient (Wildman–Crippen LogP) is 4.46. The first-order valence-electron chi connectivity index (χ1n) is 8.53. The van der Waals surface area contributed by atoms with Gasteiger partial charge >= 0.3 is 7.12 Å². The van der Waals surface area contributed by atoms with Gasteiger partial charge in [-0.2, -0.15) is 0 Å². The number of carbonyl (C=O) groups excluding carboxylic acids is 2. The first kappa shape index (κ1) is 21.8. The fraction of sp³-hybridized carbons (Fsp3) is 0.474. The Labute approximate surface area is 162 Å². The summed E-state index contributed by atoms with van der Waals surface area (Å²) in [7, 11) is -0.785. The molecule has 1 fully saturated rings. The third-order valence-corrected chi connectivity index (χ3v) is 5.69. The second-order valence-electron chi connectivity index (χ2n) is 7.50. The molecule has 2 rings (SSSR count). The van der Waals surface area contributed by atoms with Crippen LogP contribution in [0.1, 0.15) is 57.5 Å². The van der Waals surface area contributed by atoms with Crippen LogP contribution in [0.3, 0.4) is 0 Å². The maximum absolute atomic E-state index is 14.3. The lowest BCUT2D eigenvalue weighted by Gasteiger charge is -2.32. The van der Waals surface area contributed by atoms with Crippen LogP contribution in [0, 0.1) is 11.6 Å². The van der Waals surface area contributed by atoms with Gasteiger partial charge in [-0.3, -0.25) is 9.59 Å². The first-order valence-corrected chi connectivity index (χ1v) is 9.52. The van der Waals surface area contributed by atoms with Crippen molar-refractivity contribution in [1.29, 1.82) is 0 Å². The molecule has 4 nitrogen and oxygen atoms in total. The van der Waals surface area contributed by atoms with E-state index in [2.05, 4.69) is 0 Å². The largest absolute Gasteiger partial charge is 0.491 e. The normalized spacial score (nSPS) is 18.7. The van der Waals surface area contributed by atoms with Crippen LogP contribution in [0.5, 0.6) is 0 Å². The Balaban J connectivity index is 2.47. The van der Waals surface area contributed by atoms with Gasteiger partial charge in [-0.15, -0.1) is 0 Å². The Bertz CT molecular complexity index is 789. The van der Waals surface area contributed by atoms with Crippen LogP contribution in [0.25, 0.3) is 6.08 Å². The molecule has 0 bridgehead atoms. The summed E-state index contributed by atoms with van der Waals surface area (Å²) in [6.07, 6.45) is 1.46. The molecule has 27 heavy (non-hydrogen) atoms. The van der Waals surface area contributed by atoms with E-state index in [9.17, 15) is 18.4 Å². The second-order valence-corrected chi connectivity index (χ2v) is 8.65. The molecular formula is C19H23BF2O4S. The Morgan fingerprint density at radius 2 is 1.63 bits per heavy atom. The highest BCUT2D eigenvalue weighted by atomic mass is 32.2. The van der Waals surface area contributed by atoms with Crippen LogP contribution in [-0.2, 0) is 14.1 Å². The maximum Gasteiger partial charge on any atom is 0.491 e. The molecule has 0 saturated carbocycles. The number of benzene rings is 1. The molecule has 0 amide bonds. The van der Waals surface area contributed by atoms with E-state index in [1.807, 2.05) is 27.7 Å². The molecule has 1 aromatic rings. The molecule has 0 aliphatic carbocycles. The molecule has 8 heteroatoms. The van der Waals surface area contributed by atoms with Gasteiger partial charge in [-0.25, -0.2) is 8.78 Å². The Morgan fingerprint density at radius 1 is 1.07 bits per heavy atom. The molecule has 1 aromatic carbocycles. The van der Waals surface area contributed by atoms with E-state index in [-0.39, 0.29) is 22.0 Å². The lowest BCUT2D eigenvalue weighted by atomic mass is 9.78. The number of carbonyl (C=O) groups is 2. The van der Waals surface area contributed by atoms with Crippen LogP contribution in [0.4, 0.5) is 8.78 Å². The van der Waals surface area contributed by atoms with Crippen LogP contribution in [0.2, 0.25) is 0 Å². The van der Waals surface area contributed by atoms with Gasteiger partial charge in [0.1, 0.15) is 11.6 Å². The summed E-state index contributed by atoms with van der Waals surface area (Å²) in [6.45, 7) is 10.2. The molecule has 1 aliphatic rings. The van der Waals surface area contributed by atoms with Crippen molar-refractivity contribution in [2.45, 2.75) is 52.7 Å². The summed E-state index contributed by atoms with van der Waals surface area (Å²) < 4.78 is 40.1. The van der Waals surface area contributed by atoms with Gasteiger partial charge in [0.15, 0.2) is 10.9 Å². The van der Waals surface area contributed by atoms with E-state index < -0.39 is 35.7 Å². The molecular weight excluding hydrogens is 373 g/mol. The van der Waals surface area contributed by atoms with Crippen molar-refractivity contribution in [2.24, 2.45) is 0 Å². The fourth-order valence-electron chi connectivity index (χ4n) is 2.50. The standard InChI is InChI=1S/C19H23BF2O4S/c1-11(23)15-8-13(16(21)9-17(15)22)7-14(10-27-12(2)24)20-25-18(3,4)19(5,6)26-20/h7-9H,10H2,1-6H3. The van der Waals surface area contributed by atoms with E-state index in [1.165, 1.54) is 19.9 Å². The van der Waals surface area contributed by atoms with Crippen molar-refractivity contribution < 1.29 is 27.7 Å². The van der Waals surface area contributed by atoms with E-state index in [0.29, 0.717) is 11.5 Å². The van der Waals surface area contributed by atoms with Crippen LogP contribution >= 0.6 is 11.8 Å². The minimum atomic E-state index is -0.910. The Morgan fingerprint density at radius 3 is 2.11 bits per heavy atom. The molecule has 0 spiro atoms. The second kappa shape index (κ2) is 7.85. The van der Waals surface area contributed by atoms with Crippen molar-refractivity contribution in [1.82, 2.24) is 0 Å². The van der Waals surface area contributed by atoms with Crippen molar-refractivity contribution in [3.8, 4) is 0 Å². The highest BCUT2D eigenvalue weighted by Gasteiger charge is 2.52. The molecule has 0 atom stereocenters. The van der Waals surface area contributed by atoms with Crippen molar-refractivity contribution in [3.05, 3.63) is 40.4 Å². The average Bonchev–Trinajstić information content (AvgIpc) is 2.72. The van der Waals surface area contributed by atoms with Gasteiger partial charge in [0.25, 0.3) is 0 Å². The summed E-state index contributed by atoms with van der Waals surface area (Å²) in [4.78, 5) is 23.0. The summed E-state index contributed by atoms with van der Waals surface area (Å²) in [6, 6.07) is 1.85. The zero-order valence-electron chi connectivity index (χ0n) is 16.3. The number of rotatable bonds is 5. The van der Waals surface area contributed by atoms with Gasteiger partial charge in [-0.1, -0.05) is 17.8 Å². The van der Waals surface area contributed by atoms with Crippen molar-refractivity contribution in [3.63, 3.8) is 0 Å². The lowest BCUT2D eigenvalue weighted by molar-refractivity contribution is -0.109. The van der Waals surface area contributed by atoms with Crippen LogP contribution in [0.15, 0.2) is 17.6 Å². The van der Waals surface area contributed by atoms with Gasteiger partial charge in [0.05, 0.1) is 16.8 Å². The predicted molar refractivity (Wildman–Crippen MR) is 104 cm³/mol. The molecule has 146 valence electrons. The first-order chi connectivity index (χ1) is 12.3. The summed E-state index contributed by atoms with van der Waals surface area (Å²) >= 11 is 1.03. The number of thioether (sulfide) groups is 1. The molecule has 1 aliphatic heterocycles. The van der Waals surface area contributed by atoms with Crippen molar-refractivity contribution in [2.75, 3.05) is 5.75 Å². The van der Waals surface area contributed by atoms with Crippen LogP contribution in [-0.4, -0.2) is 35.0 Å². The Kier molecular flexibility index (Phi) is 6.34. The zero-order chi connectivity index (χ0) is 20.6. The van der Waals surface area contributed by atoms with Gasteiger partial charge in [0, 0.05) is 24.3 Å². The third-order valence-electron chi connectivity index (χ3n) is 4.80. The lowest BCUT2D eigenvalue weighted by Crippen LogP contribution is -2.41. The number of hydrogen-bond donors (Lipinski definition) is 0. The minimum absolute atomic E-state index is 0.0375. The number of hydrogen-bond acceptors (Lipinski definition) is 5. The SMILES string of the molecule is CC(=O)SCC(=Cc1cc(C(C)=O)c(F)cc1F)B1OC(C)(C)C(C)(C)O1. The molecule has 0 radical (unpaired) electrons. The van der Waals surface area contributed by atoms with E-state index in [1.54, 1.807) is 0 Å².